The second kappa shape index (κ2) is 21.6. The van der Waals surface area contributed by atoms with Gasteiger partial charge in [-0.3, -0.25) is 14.4 Å². The second-order valence-electron chi connectivity index (χ2n) is 10.7. The highest BCUT2D eigenvalue weighted by Gasteiger charge is 2.30. The quantitative estimate of drug-likeness (QED) is 0.0614. The van der Waals surface area contributed by atoms with Gasteiger partial charge in [0.15, 0.2) is 11.6 Å². The van der Waals surface area contributed by atoms with Crippen molar-refractivity contribution >= 4 is 46.7 Å². The number of rotatable bonds is 12. The Hall–Kier alpha value is -5.08. The van der Waals surface area contributed by atoms with Crippen molar-refractivity contribution in [3.63, 3.8) is 0 Å². The molecule has 0 saturated heterocycles. The zero-order chi connectivity index (χ0) is 40.7. The van der Waals surface area contributed by atoms with Gasteiger partial charge in [0.05, 0.1) is 24.3 Å². The Balaban J connectivity index is 0.000000327. The Kier molecular flexibility index (Phi) is 18.0. The van der Waals surface area contributed by atoms with E-state index in [1.807, 2.05) is 0 Å². The molecule has 0 saturated carbocycles. The van der Waals surface area contributed by atoms with Gasteiger partial charge in [0.2, 0.25) is 0 Å². The van der Waals surface area contributed by atoms with E-state index >= 15 is 0 Å². The first-order chi connectivity index (χ1) is 25.4. The molecule has 0 aliphatic carbocycles. The molecule has 288 valence electrons. The Morgan fingerprint density at radius 1 is 0.667 bits per heavy atom. The minimum absolute atomic E-state index is 0.0125. The van der Waals surface area contributed by atoms with Crippen LogP contribution in [0, 0.1) is 46.5 Å². The Morgan fingerprint density at radius 3 is 1.63 bits per heavy atom. The highest BCUT2D eigenvalue weighted by atomic mass is 35.5. The van der Waals surface area contributed by atoms with Crippen molar-refractivity contribution in [1.29, 1.82) is 0 Å². The summed E-state index contributed by atoms with van der Waals surface area (Å²) in [6.07, 6.45) is 0.165. The number of hydrogen-bond donors (Lipinski definition) is 0. The molecule has 1 atom stereocenters. The van der Waals surface area contributed by atoms with Crippen LogP contribution in [0.4, 0.5) is 35.1 Å². The number of halogens is 10. The maximum atomic E-state index is 14.0. The van der Waals surface area contributed by atoms with E-state index < -0.39 is 87.5 Å². The van der Waals surface area contributed by atoms with Gasteiger partial charge in [0.25, 0.3) is 0 Å². The number of hydrogen-bond acceptors (Lipinski definition) is 6. The molecule has 1 unspecified atom stereocenters. The van der Waals surface area contributed by atoms with Crippen LogP contribution < -0.4 is 0 Å². The normalized spacial score (nSPS) is 10.9. The van der Waals surface area contributed by atoms with Gasteiger partial charge in [-0.25, -0.2) is 39.9 Å². The number of Topliss-reactive ketones (excluding diaryl/α,β-unsaturated/α-hetero) is 2. The lowest BCUT2D eigenvalue weighted by atomic mass is 9.86. The SMILES string of the molecule is C=CC(=O)OCC.CCOC(=O)CCC(C(=O)c1c(F)cc(F)cc1F)c1cc(F)ccc1Cl.O=C(Cc1cc(F)ccc1Cl)c1c(F)cc(F)cc1F. The Morgan fingerprint density at radius 2 is 1.15 bits per heavy atom. The van der Waals surface area contributed by atoms with Gasteiger partial charge in [0.1, 0.15) is 46.5 Å². The van der Waals surface area contributed by atoms with Gasteiger partial charge in [-0.05, 0) is 67.8 Å². The van der Waals surface area contributed by atoms with Crippen LogP contribution in [0.3, 0.4) is 0 Å². The Labute approximate surface area is 314 Å². The molecule has 0 aromatic heterocycles. The molecule has 0 heterocycles. The van der Waals surface area contributed by atoms with Gasteiger partial charge in [-0.2, -0.15) is 0 Å². The van der Waals surface area contributed by atoms with Crippen molar-refractivity contribution in [3.8, 4) is 0 Å². The molecule has 0 N–H and O–H groups in total. The molecule has 0 fully saturated rings. The van der Waals surface area contributed by atoms with Crippen molar-refractivity contribution in [2.24, 2.45) is 0 Å². The monoisotopic (exact) mass is 804 g/mol. The Bertz CT molecular complexity index is 1960. The van der Waals surface area contributed by atoms with E-state index in [2.05, 4.69) is 11.3 Å². The molecular formula is C38H30Cl2F8O6. The summed E-state index contributed by atoms with van der Waals surface area (Å²) >= 11 is 11.8. The molecule has 54 heavy (non-hydrogen) atoms. The molecule has 16 heteroatoms. The average Bonchev–Trinajstić information content (AvgIpc) is 3.08. The summed E-state index contributed by atoms with van der Waals surface area (Å²) in [6, 6.07) is 8.07. The average molecular weight is 806 g/mol. The van der Waals surface area contributed by atoms with E-state index in [9.17, 15) is 54.3 Å². The van der Waals surface area contributed by atoms with Crippen LogP contribution in [0.1, 0.15) is 64.4 Å². The fourth-order valence-electron chi connectivity index (χ4n) is 4.61. The van der Waals surface area contributed by atoms with Crippen LogP contribution in [-0.4, -0.2) is 36.7 Å². The molecule has 4 aromatic rings. The van der Waals surface area contributed by atoms with Crippen molar-refractivity contribution in [3.05, 3.63) is 152 Å². The molecule has 4 aromatic carbocycles. The summed E-state index contributed by atoms with van der Waals surface area (Å²) in [6.45, 7) is 7.08. The standard InChI is InChI=1S/C19H15ClF4O3.C14H7ClF4O.C5H8O2/c1-2-27-17(25)6-4-12(13-7-10(21)3-5-14(13)20)19(26)18-15(23)8-11(22)9-16(18)24;15-10-2-1-8(16)3-7(10)4-13(20)14-11(18)5-9(17)6-12(14)19;1-3-5(6)7-4-2/h3,5,7-9,12H,2,4,6H2,1H3;1-3,5-6H,4H2;3H,1,4H2,2H3. The lowest BCUT2D eigenvalue weighted by Gasteiger charge is -2.18. The van der Waals surface area contributed by atoms with E-state index in [-0.39, 0.29) is 46.6 Å². The molecule has 4 rings (SSSR count). The number of carbonyl (C=O) groups is 4. The summed E-state index contributed by atoms with van der Waals surface area (Å²) in [7, 11) is 0. The van der Waals surface area contributed by atoms with Gasteiger partial charge >= 0.3 is 11.9 Å². The number of ether oxygens (including phenoxy) is 2. The number of carbonyl (C=O) groups excluding carboxylic acids is 4. The van der Waals surface area contributed by atoms with Crippen molar-refractivity contribution in [2.75, 3.05) is 13.2 Å². The first-order valence-corrected chi connectivity index (χ1v) is 16.4. The van der Waals surface area contributed by atoms with Crippen LogP contribution in [-0.2, 0) is 25.5 Å². The van der Waals surface area contributed by atoms with Crippen molar-refractivity contribution in [2.45, 2.75) is 39.0 Å². The van der Waals surface area contributed by atoms with E-state index in [0.717, 1.165) is 30.3 Å². The largest absolute Gasteiger partial charge is 0.466 e. The molecule has 0 aliphatic heterocycles. The second-order valence-corrected chi connectivity index (χ2v) is 11.5. The van der Waals surface area contributed by atoms with Gasteiger partial charge in [-0.1, -0.05) is 29.8 Å². The fourth-order valence-corrected chi connectivity index (χ4v) is 5.04. The minimum Gasteiger partial charge on any atom is -0.466 e. The minimum atomic E-state index is -1.40. The van der Waals surface area contributed by atoms with Crippen LogP contribution in [0.2, 0.25) is 10.0 Å². The summed E-state index contributed by atoms with van der Waals surface area (Å²) in [4.78, 5) is 46.3. The maximum absolute atomic E-state index is 14.0. The maximum Gasteiger partial charge on any atom is 0.330 e. The summed E-state index contributed by atoms with van der Waals surface area (Å²) in [5.41, 5.74) is -1.79. The molecule has 0 aliphatic rings. The lowest BCUT2D eigenvalue weighted by Crippen LogP contribution is -2.19. The van der Waals surface area contributed by atoms with Gasteiger partial charge in [0, 0.05) is 59.1 Å². The summed E-state index contributed by atoms with van der Waals surface area (Å²) < 4.78 is 117. The third-order valence-corrected chi connectivity index (χ3v) is 7.66. The highest BCUT2D eigenvalue weighted by molar-refractivity contribution is 6.32. The third-order valence-electron chi connectivity index (χ3n) is 6.94. The van der Waals surface area contributed by atoms with Gasteiger partial charge in [-0.15, -0.1) is 0 Å². The van der Waals surface area contributed by atoms with Crippen LogP contribution in [0.15, 0.2) is 73.3 Å². The predicted octanol–water partition coefficient (Wildman–Crippen LogP) is 10.3. The van der Waals surface area contributed by atoms with E-state index in [4.69, 9.17) is 27.9 Å². The zero-order valence-electron chi connectivity index (χ0n) is 28.4. The fraction of sp³-hybridized carbons (Fsp3) is 0.211. The van der Waals surface area contributed by atoms with E-state index in [1.165, 1.54) is 12.1 Å². The lowest BCUT2D eigenvalue weighted by molar-refractivity contribution is -0.143. The zero-order valence-corrected chi connectivity index (χ0v) is 29.9. The summed E-state index contributed by atoms with van der Waals surface area (Å²) in [5.74, 6) is -13.4. The topological polar surface area (TPSA) is 86.7 Å². The molecule has 0 amide bonds. The molecule has 0 spiro atoms. The number of benzene rings is 4. The predicted molar refractivity (Wildman–Crippen MR) is 183 cm³/mol. The number of ketones is 2. The first kappa shape index (κ1) is 45.1. The van der Waals surface area contributed by atoms with Crippen LogP contribution in [0.25, 0.3) is 0 Å². The summed E-state index contributed by atoms with van der Waals surface area (Å²) in [5, 5.41) is 0.0872. The molecule has 0 radical (unpaired) electrons. The number of esters is 2. The van der Waals surface area contributed by atoms with Crippen molar-refractivity contribution in [1.82, 2.24) is 0 Å². The molecule has 0 bridgehead atoms. The molecular weight excluding hydrogens is 775 g/mol. The van der Waals surface area contributed by atoms with Crippen LogP contribution >= 0.6 is 23.2 Å². The smallest absolute Gasteiger partial charge is 0.330 e. The van der Waals surface area contributed by atoms with Gasteiger partial charge < -0.3 is 9.47 Å². The van der Waals surface area contributed by atoms with Crippen molar-refractivity contribution < 1.29 is 63.8 Å². The van der Waals surface area contributed by atoms with E-state index in [1.54, 1.807) is 13.8 Å². The van der Waals surface area contributed by atoms with E-state index in [0.29, 0.717) is 30.9 Å². The molecule has 6 nitrogen and oxygen atoms in total. The third kappa shape index (κ3) is 13.4. The first-order valence-electron chi connectivity index (χ1n) is 15.6. The highest BCUT2D eigenvalue weighted by Crippen LogP contribution is 2.33. The van der Waals surface area contributed by atoms with Crippen LogP contribution in [0.5, 0.6) is 0 Å².